The van der Waals surface area contributed by atoms with E-state index < -0.39 is 10.9 Å². The number of carboxylic acids is 1. The molecule has 0 radical (unpaired) electrons. The fraction of sp³-hybridized carbons (Fsp3) is 0.100. The van der Waals surface area contributed by atoms with E-state index in [0.717, 1.165) is 6.20 Å². The van der Waals surface area contributed by atoms with Gasteiger partial charge in [-0.15, -0.1) is 0 Å². The first-order valence-electron chi connectivity index (χ1n) is 4.86. The van der Waals surface area contributed by atoms with Gasteiger partial charge >= 0.3 is 5.69 Å². The van der Waals surface area contributed by atoms with Crippen LogP contribution in [0.15, 0.2) is 24.7 Å². The summed E-state index contributed by atoms with van der Waals surface area (Å²) in [5.41, 5.74) is 0.351. The standard InChI is InChI=1S/C10H8N4O4/c1-6-9(10(15)16)2-7(3-11-6)13-5-8(4-12-13)14(17)18/h2-5H,1H3,(H,15,16)/p-1. The fourth-order valence-corrected chi connectivity index (χ4v) is 1.40. The van der Waals surface area contributed by atoms with E-state index in [1.807, 2.05) is 0 Å². The predicted octanol–water partition coefficient (Wildman–Crippen LogP) is -0.153. The molecule has 2 aromatic heterocycles. The highest BCUT2D eigenvalue weighted by atomic mass is 16.6. The van der Waals surface area contributed by atoms with E-state index >= 15 is 0 Å². The molecular weight excluding hydrogens is 240 g/mol. The third-order valence-corrected chi connectivity index (χ3v) is 2.34. The minimum absolute atomic E-state index is 0.0781. The van der Waals surface area contributed by atoms with Gasteiger partial charge < -0.3 is 9.90 Å². The number of hydrogen-bond acceptors (Lipinski definition) is 6. The number of nitrogens with zero attached hydrogens (tertiary/aromatic N) is 4. The van der Waals surface area contributed by atoms with Crippen LogP contribution in [0.3, 0.4) is 0 Å². The number of carbonyl (C=O) groups excluding carboxylic acids is 1. The van der Waals surface area contributed by atoms with Gasteiger partial charge in [0.1, 0.15) is 12.4 Å². The van der Waals surface area contributed by atoms with Crippen molar-refractivity contribution in [3.8, 4) is 5.69 Å². The van der Waals surface area contributed by atoms with Gasteiger partial charge in [-0.2, -0.15) is 5.10 Å². The fourth-order valence-electron chi connectivity index (χ4n) is 1.40. The van der Waals surface area contributed by atoms with E-state index in [4.69, 9.17) is 0 Å². The third kappa shape index (κ3) is 2.03. The van der Waals surface area contributed by atoms with Gasteiger partial charge in [-0.3, -0.25) is 15.1 Å². The lowest BCUT2D eigenvalue weighted by molar-refractivity contribution is -0.384. The van der Waals surface area contributed by atoms with Crippen LogP contribution in [-0.4, -0.2) is 25.7 Å². The lowest BCUT2D eigenvalue weighted by Gasteiger charge is -2.08. The highest BCUT2D eigenvalue weighted by molar-refractivity contribution is 5.87. The maximum atomic E-state index is 10.8. The zero-order valence-electron chi connectivity index (χ0n) is 9.23. The molecule has 92 valence electrons. The normalized spacial score (nSPS) is 10.3. The van der Waals surface area contributed by atoms with Crippen LogP contribution in [0.5, 0.6) is 0 Å². The molecule has 2 heterocycles. The zero-order chi connectivity index (χ0) is 13.3. The minimum atomic E-state index is -1.36. The number of nitro groups is 1. The summed E-state index contributed by atoms with van der Waals surface area (Å²) in [6.07, 6.45) is 3.61. The minimum Gasteiger partial charge on any atom is -0.545 e. The average Bonchev–Trinajstić information content (AvgIpc) is 2.78. The number of carbonyl (C=O) groups is 1. The van der Waals surface area contributed by atoms with Crippen molar-refractivity contribution >= 4 is 11.7 Å². The van der Waals surface area contributed by atoms with E-state index in [2.05, 4.69) is 10.1 Å². The lowest BCUT2D eigenvalue weighted by atomic mass is 10.2. The first kappa shape index (κ1) is 11.7. The first-order valence-corrected chi connectivity index (χ1v) is 4.86. The average molecular weight is 247 g/mol. The summed E-state index contributed by atoms with van der Waals surface area (Å²) in [5.74, 6) is -1.36. The predicted molar refractivity (Wildman–Crippen MR) is 57.1 cm³/mol. The molecule has 0 bridgehead atoms. The van der Waals surface area contributed by atoms with Crippen LogP contribution in [0.1, 0.15) is 16.1 Å². The maximum Gasteiger partial charge on any atom is 0.307 e. The summed E-state index contributed by atoms with van der Waals surface area (Å²) in [6.45, 7) is 1.53. The Hall–Kier alpha value is -2.77. The topological polar surface area (TPSA) is 114 Å². The molecule has 0 aromatic carbocycles. The highest BCUT2D eigenvalue weighted by Crippen LogP contribution is 2.15. The Morgan fingerprint density at radius 1 is 1.44 bits per heavy atom. The number of rotatable bonds is 3. The molecule has 0 unspecified atom stereocenters. The second-order valence-corrected chi connectivity index (χ2v) is 3.51. The lowest BCUT2D eigenvalue weighted by Crippen LogP contribution is -2.24. The van der Waals surface area contributed by atoms with Crippen LogP contribution in [0.4, 0.5) is 5.69 Å². The molecule has 0 aliphatic carbocycles. The molecule has 0 fully saturated rings. The van der Waals surface area contributed by atoms with Crippen LogP contribution >= 0.6 is 0 Å². The molecule has 2 rings (SSSR count). The summed E-state index contributed by atoms with van der Waals surface area (Å²) in [7, 11) is 0. The molecule has 0 N–H and O–H groups in total. The highest BCUT2D eigenvalue weighted by Gasteiger charge is 2.11. The number of carboxylic acid groups (broad SMARTS) is 1. The van der Waals surface area contributed by atoms with Crippen molar-refractivity contribution in [2.75, 3.05) is 0 Å². The largest absolute Gasteiger partial charge is 0.545 e. The van der Waals surface area contributed by atoms with Gasteiger partial charge in [0.25, 0.3) is 0 Å². The summed E-state index contributed by atoms with van der Waals surface area (Å²) >= 11 is 0. The summed E-state index contributed by atoms with van der Waals surface area (Å²) in [5, 5.41) is 25.1. The molecule has 0 aliphatic heterocycles. The van der Waals surface area contributed by atoms with Crippen molar-refractivity contribution in [3.05, 3.63) is 46.0 Å². The Bertz CT molecular complexity index is 635. The summed E-state index contributed by atoms with van der Waals surface area (Å²) in [6, 6.07) is 1.30. The smallest absolute Gasteiger partial charge is 0.307 e. The van der Waals surface area contributed by atoms with Gasteiger partial charge in [-0.1, -0.05) is 0 Å². The monoisotopic (exact) mass is 247 g/mol. The van der Waals surface area contributed by atoms with Gasteiger partial charge in [0.2, 0.25) is 0 Å². The van der Waals surface area contributed by atoms with Crippen LogP contribution in [0.2, 0.25) is 0 Å². The second kappa shape index (κ2) is 4.24. The van der Waals surface area contributed by atoms with Crippen LogP contribution in [0.25, 0.3) is 5.69 Å². The van der Waals surface area contributed by atoms with Crippen molar-refractivity contribution in [2.24, 2.45) is 0 Å². The van der Waals surface area contributed by atoms with Crippen LogP contribution in [0, 0.1) is 17.0 Å². The van der Waals surface area contributed by atoms with Crippen LogP contribution in [-0.2, 0) is 0 Å². The van der Waals surface area contributed by atoms with E-state index in [1.54, 1.807) is 0 Å². The molecule has 8 heteroatoms. The molecule has 0 spiro atoms. The van der Waals surface area contributed by atoms with Crippen LogP contribution < -0.4 is 5.11 Å². The Balaban J connectivity index is 2.47. The van der Waals surface area contributed by atoms with Gasteiger partial charge in [-0.05, 0) is 13.0 Å². The van der Waals surface area contributed by atoms with Crippen molar-refractivity contribution < 1.29 is 14.8 Å². The van der Waals surface area contributed by atoms with Crippen molar-refractivity contribution in [3.63, 3.8) is 0 Å². The van der Waals surface area contributed by atoms with Gasteiger partial charge in [0, 0.05) is 11.3 Å². The van der Waals surface area contributed by atoms with E-state index in [9.17, 15) is 20.0 Å². The SMILES string of the molecule is Cc1ncc(-n2cc([N+](=O)[O-])cn2)cc1C(=O)[O-]. The number of aromatic carboxylic acids is 1. The molecule has 0 saturated heterocycles. The van der Waals surface area contributed by atoms with Gasteiger partial charge in [0.05, 0.1) is 22.8 Å². The summed E-state index contributed by atoms with van der Waals surface area (Å²) in [4.78, 5) is 24.6. The molecule has 0 amide bonds. The Kier molecular flexibility index (Phi) is 2.76. The van der Waals surface area contributed by atoms with E-state index in [-0.39, 0.29) is 11.3 Å². The Morgan fingerprint density at radius 3 is 2.72 bits per heavy atom. The molecule has 18 heavy (non-hydrogen) atoms. The number of aromatic nitrogens is 3. The first-order chi connectivity index (χ1) is 8.49. The molecule has 0 saturated carbocycles. The number of hydrogen-bond donors (Lipinski definition) is 0. The Morgan fingerprint density at radius 2 is 2.17 bits per heavy atom. The Labute approximate surface area is 101 Å². The third-order valence-electron chi connectivity index (χ3n) is 2.34. The van der Waals surface area contributed by atoms with Crippen molar-refractivity contribution in [1.29, 1.82) is 0 Å². The number of pyridine rings is 1. The number of aryl methyl sites for hydroxylation is 1. The molecule has 0 aliphatic rings. The zero-order valence-corrected chi connectivity index (χ0v) is 9.23. The molecule has 8 nitrogen and oxygen atoms in total. The van der Waals surface area contributed by atoms with Crippen molar-refractivity contribution in [1.82, 2.24) is 14.8 Å². The van der Waals surface area contributed by atoms with Crippen molar-refractivity contribution in [2.45, 2.75) is 6.92 Å². The van der Waals surface area contributed by atoms with Gasteiger partial charge in [0.15, 0.2) is 0 Å². The molecular formula is C10H7N4O4-. The summed E-state index contributed by atoms with van der Waals surface area (Å²) < 4.78 is 1.18. The van der Waals surface area contributed by atoms with E-state index in [0.29, 0.717) is 11.4 Å². The maximum absolute atomic E-state index is 10.8. The molecule has 2 aromatic rings. The molecule has 0 atom stereocenters. The second-order valence-electron chi connectivity index (χ2n) is 3.51. The quantitative estimate of drug-likeness (QED) is 0.550. The van der Waals surface area contributed by atoms with E-state index in [1.165, 1.54) is 30.1 Å². The van der Waals surface area contributed by atoms with Gasteiger partial charge in [-0.25, -0.2) is 4.68 Å².